The molecule has 0 heterocycles. The Morgan fingerprint density at radius 2 is 1.95 bits per heavy atom. The Balaban J connectivity index is 2.26. The molecule has 0 bridgehead atoms. The molecule has 0 amide bonds. The minimum absolute atomic E-state index is 0.0261. The quantitative estimate of drug-likeness (QED) is 0.849. The van der Waals surface area contributed by atoms with Crippen molar-refractivity contribution in [3.05, 3.63) is 29.3 Å². The first-order valence-corrected chi connectivity index (χ1v) is 7.19. The molecule has 3 unspecified atom stereocenters. The highest BCUT2D eigenvalue weighted by Gasteiger charge is 2.35. The van der Waals surface area contributed by atoms with Crippen LogP contribution in [0.1, 0.15) is 44.2 Å². The Morgan fingerprint density at radius 3 is 2.52 bits per heavy atom. The lowest BCUT2D eigenvalue weighted by Gasteiger charge is -2.34. The molecule has 0 saturated heterocycles. The molecule has 1 saturated carbocycles. The molecule has 1 fully saturated rings. The predicted octanol–water partition coefficient (Wildman–Crippen LogP) is 4.81. The second-order valence-electron chi connectivity index (χ2n) is 6.02. The van der Waals surface area contributed by atoms with Crippen LogP contribution in [-0.2, 0) is 6.18 Å². The molecule has 1 aliphatic carbocycles. The number of hydrogen-bond donors (Lipinski definition) is 1. The maximum Gasteiger partial charge on any atom is 0.418 e. The molecule has 1 aliphatic rings. The molecule has 0 aliphatic heterocycles. The van der Waals surface area contributed by atoms with Crippen molar-refractivity contribution in [1.29, 1.82) is 5.26 Å². The summed E-state index contributed by atoms with van der Waals surface area (Å²) in [5.74, 6) is 0.964. The molecular weight excluding hydrogens is 277 g/mol. The highest BCUT2D eigenvalue weighted by Crippen LogP contribution is 2.38. The number of anilines is 1. The summed E-state index contributed by atoms with van der Waals surface area (Å²) in [4.78, 5) is 0. The second kappa shape index (κ2) is 5.97. The van der Waals surface area contributed by atoms with E-state index in [0.29, 0.717) is 11.8 Å². The van der Waals surface area contributed by atoms with Gasteiger partial charge in [0.2, 0.25) is 0 Å². The summed E-state index contributed by atoms with van der Waals surface area (Å²) >= 11 is 0. The summed E-state index contributed by atoms with van der Waals surface area (Å²) < 4.78 is 39.4. The van der Waals surface area contributed by atoms with Gasteiger partial charge in [0.05, 0.1) is 17.2 Å². The van der Waals surface area contributed by atoms with E-state index < -0.39 is 11.7 Å². The van der Waals surface area contributed by atoms with Gasteiger partial charge in [-0.3, -0.25) is 0 Å². The monoisotopic (exact) mass is 296 g/mol. The summed E-state index contributed by atoms with van der Waals surface area (Å²) in [6, 6.07) is 5.51. The number of alkyl halides is 3. The molecule has 0 radical (unpaired) electrons. The van der Waals surface area contributed by atoms with E-state index >= 15 is 0 Å². The molecule has 114 valence electrons. The number of nitrogens with zero attached hydrogens (tertiary/aromatic N) is 1. The summed E-state index contributed by atoms with van der Waals surface area (Å²) in [6.07, 6.45) is -1.53. The lowest BCUT2D eigenvalue weighted by atomic mass is 9.79. The Kier molecular flexibility index (Phi) is 4.46. The highest BCUT2D eigenvalue weighted by molar-refractivity contribution is 5.56. The van der Waals surface area contributed by atoms with Crippen LogP contribution >= 0.6 is 0 Å². The van der Waals surface area contributed by atoms with Crippen LogP contribution in [0.3, 0.4) is 0 Å². The minimum atomic E-state index is -4.46. The minimum Gasteiger partial charge on any atom is -0.382 e. The molecular formula is C16H19F3N2. The Morgan fingerprint density at radius 1 is 1.24 bits per heavy atom. The van der Waals surface area contributed by atoms with Gasteiger partial charge in [0.1, 0.15) is 0 Å². The molecule has 1 N–H and O–H groups in total. The van der Waals surface area contributed by atoms with Gasteiger partial charge in [-0.15, -0.1) is 0 Å². The number of hydrogen-bond acceptors (Lipinski definition) is 2. The fourth-order valence-corrected chi connectivity index (χ4v) is 3.05. The predicted molar refractivity (Wildman–Crippen MR) is 75.7 cm³/mol. The van der Waals surface area contributed by atoms with Crippen molar-refractivity contribution < 1.29 is 13.2 Å². The number of halogens is 3. The maximum absolute atomic E-state index is 13.1. The molecule has 3 atom stereocenters. The number of nitriles is 1. The molecule has 1 aromatic rings. The average molecular weight is 296 g/mol. The first-order valence-electron chi connectivity index (χ1n) is 7.19. The van der Waals surface area contributed by atoms with Gasteiger partial charge in [0.25, 0.3) is 0 Å². The van der Waals surface area contributed by atoms with Crippen LogP contribution in [0.5, 0.6) is 0 Å². The van der Waals surface area contributed by atoms with Crippen LogP contribution < -0.4 is 5.32 Å². The second-order valence-corrected chi connectivity index (χ2v) is 6.02. The summed E-state index contributed by atoms with van der Waals surface area (Å²) in [7, 11) is 0. The number of nitrogens with one attached hydrogen (secondary N) is 1. The number of benzene rings is 1. The van der Waals surface area contributed by atoms with E-state index in [-0.39, 0.29) is 17.3 Å². The third-order valence-electron chi connectivity index (χ3n) is 4.23. The van der Waals surface area contributed by atoms with Crippen molar-refractivity contribution in [3.63, 3.8) is 0 Å². The zero-order chi connectivity index (χ0) is 15.6. The zero-order valence-corrected chi connectivity index (χ0v) is 12.2. The summed E-state index contributed by atoms with van der Waals surface area (Å²) in [5, 5.41) is 11.8. The van der Waals surface area contributed by atoms with E-state index in [4.69, 9.17) is 5.26 Å². The fraction of sp³-hybridized carbons (Fsp3) is 0.562. The summed E-state index contributed by atoms with van der Waals surface area (Å²) in [6.45, 7) is 4.25. The highest BCUT2D eigenvalue weighted by atomic mass is 19.4. The normalized spacial score (nSPS) is 26.2. The third kappa shape index (κ3) is 3.69. The van der Waals surface area contributed by atoms with Crippen LogP contribution in [-0.4, -0.2) is 6.04 Å². The van der Waals surface area contributed by atoms with E-state index in [2.05, 4.69) is 19.2 Å². The van der Waals surface area contributed by atoms with Gasteiger partial charge in [0.15, 0.2) is 0 Å². The van der Waals surface area contributed by atoms with Crippen molar-refractivity contribution in [1.82, 2.24) is 0 Å². The van der Waals surface area contributed by atoms with Gasteiger partial charge in [0, 0.05) is 11.7 Å². The van der Waals surface area contributed by atoms with E-state index in [9.17, 15) is 13.2 Å². The van der Waals surface area contributed by atoms with Crippen molar-refractivity contribution in [2.75, 3.05) is 5.32 Å². The zero-order valence-electron chi connectivity index (χ0n) is 12.2. The topological polar surface area (TPSA) is 35.8 Å². The third-order valence-corrected chi connectivity index (χ3v) is 4.23. The van der Waals surface area contributed by atoms with Crippen LogP contribution in [0.15, 0.2) is 18.2 Å². The van der Waals surface area contributed by atoms with Gasteiger partial charge in [-0.25, -0.2) is 0 Å². The fourth-order valence-electron chi connectivity index (χ4n) is 3.05. The summed E-state index contributed by atoms with van der Waals surface area (Å²) in [5.41, 5.74) is -0.654. The van der Waals surface area contributed by atoms with Crippen LogP contribution in [0, 0.1) is 23.2 Å². The van der Waals surface area contributed by atoms with Gasteiger partial charge in [-0.05, 0) is 49.3 Å². The first-order chi connectivity index (χ1) is 9.81. The molecule has 0 spiro atoms. The van der Waals surface area contributed by atoms with Crippen molar-refractivity contribution in [3.8, 4) is 6.07 Å². The van der Waals surface area contributed by atoms with E-state index in [1.54, 1.807) is 6.07 Å². The first kappa shape index (κ1) is 15.7. The standard InChI is InChI=1S/C16H19F3N2/c1-10-3-5-14(11(2)7-10)21-15-6-4-12(9-20)8-13(15)16(17,18)19/h4,6,8,10-11,14,21H,3,5,7H2,1-2H3. The van der Waals surface area contributed by atoms with Crippen LogP contribution in [0.25, 0.3) is 0 Å². The molecule has 2 nitrogen and oxygen atoms in total. The maximum atomic E-state index is 13.1. The van der Waals surface area contributed by atoms with Gasteiger partial charge >= 0.3 is 6.18 Å². The Labute approximate surface area is 123 Å². The smallest absolute Gasteiger partial charge is 0.382 e. The largest absolute Gasteiger partial charge is 0.418 e. The molecule has 0 aromatic heterocycles. The molecule has 1 aromatic carbocycles. The van der Waals surface area contributed by atoms with Crippen molar-refractivity contribution in [2.45, 2.75) is 45.3 Å². The van der Waals surface area contributed by atoms with Crippen molar-refractivity contribution >= 4 is 5.69 Å². The SMILES string of the molecule is CC1CCC(Nc2ccc(C#N)cc2C(F)(F)F)C(C)C1. The van der Waals surface area contributed by atoms with E-state index in [0.717, 1.165) is 25.3 Å². The Bertz CT molecular complexity index is 545. The molecule has 21 heavy (non-hydrogen) atoms. The lowest BCUT2D eigenvalue weighted by molar-refractivity contribution is -0.137. The number of rotatable bonds is 2. The molecule has 2 rings (SSSR count). The van der Waals surface area contributed by atoms with Gasteiger partial charge < -0.3 is 5.32 Å². The van der Waals surface area contributed by atoms with E-state index in [1.807, 2.05) is 0 Å². The van der Waals surface area contributed by atoms with Crippen LogP contribution in [0.2, 0.25) is 0 Å². The van der Waals surface area contributed by atoms with Gasteiger partial charge in [-0.1, -0.05) is 13.8 Å². The van der Waals surface area contributed by atoms with E-state index in [1.165, 1.54) is 12.1 Å². The Hall–Kier alpha value is -1.70. The van der Waals surface area contributed by atoms with Crippen molar-refractivity contribution in [2.24, 2.45) is 11.8 Å². The van der Waals surface area contributed by atoms with Crippen LogP contribution in [0.4, 0.5) is 18.9 Å². The lowest BCUT2D eigenvalue weighted by Crippen LogP contribution is -2.33. The average Bonchev–Trinajstić information content (AvgIpc) is 2.41. The van der Waals surface area contributed by atoms with Gasteiger partial charge in [-0.2, -0.15) is 18.4 Å². The molecule has 5 heteroatoms.